The SMILES string of the molecule is CC(C)C(CNC(=O)CCCN(C)S(=O)(=O)c1cccs1)N1CCN(C)CC1. The van der Waals surface area contributed by atoms with Gasteiger partial charge in [0.05, 0.1) is 0 Å². The van der Waals surface area contributed by atoms with Gasteiger partial charge in [0.15, 0.2) is 0 Å². The minimum absolute atomic E-state index is 0.0123. The number of hydrogen-bond acceptors (Lipinski definition) is 6. The van der Waals surface area contributed by atoms with E-state index in [4.69, 9.17) is 0 Å². The summed E-state index contributed by atoms with van der Waals surface area (Å²) in [5.41, 5.74) is 0. The molecule has 7 nitrogen and oxygen atoms in total. The van der Waals surface area contributed by atoms with E-state index in [2.05, 4.69) is 36.0 Å². The highest BCUT2D eigenvalue weighted by Gasteiger charge is 2.25. The Hall–Kier alpha value is -1.00. The minimum atomic E-state index is -3.44. The van der Waals surface area contributed by atoms with Gasteiger partial charge in [0.2, 0.25) is 5.91 Å². The van der Waals surface area contributed by atoms with E-state index in [1.165, 1.54) is 15.6 Å². The van der Waals surface area contributed by atoms with Gasteiger partial charge in [-0.15, -0.1) is 11.3 Å². The molecule has 2 rings (SSSR count). The lowest BCUT2D eigenvalue weighted by Crippen LogP contribution is -2.54. The Morgan fingerprint density at radius 1 is 1.29 bits per heavy atom. The second-order valence-electron chi connectivity index (χ2n) is 7.82. The van der Waals surface area contributed by atoms with Crippen molar-refractivity contribution >= 4 is 27.3 Å². The van der Waals surface area contributed by atoms with Crippen LogP contribution in [0.15, 0.2) is 21.7 Å². The van der Waals surface area contributed by atoms with E-state index in [-0.39, 0.29) is 5.91 Å². The van der Waals surface area contributed by atoms with Crippen LogP contribution >= 0.6 is 11.3 Å². The zero-order valence-corrected chi connectivity index (χ0v) is 19.1. The van der Waals surface area contributed by atoms with Gasteiger partial charge >= 0.3 is 0 Å². The van der Waals surface area contributed by atoms with Gasteiger partial charge in [0.1, 0.15) is 4.21 Å². The van der Waals surface area contributed by atoms with Crippen LogP contribution in [0.3, 0.4) is 0 Å². The molecule has 9 heteroatoms. The molecule has 0 spiro atoms. The summed E-state index contributed by atoms with van der Waals surface area (Å²) >= 11 is 1.21. The van der Waals surface area contributed by atoms with Gasteiger partial charge < -0.3 is 10.2 Å². The third-order valence-electron chi connectivity index (χ3n) is 5.32. The van der Waals surface area contributed by atoms with Gasteiger partial charge in [-0.2, -0.15) is 0 Å². The fraction of sp³-hybridized carbons (Fsp3) is 0.737. The molecule has 0 radical (unpaired) electrons. The Bertz CT molecular complexity index is 699. The standard InChI is InChI=1S/C19H34N4O3S2/c1-16(2)17(23-12-10-21(3)11-13-23)15-20-18(24)7-5-9-22(4)28(25,26)19-8-6-14-27-19/h6,8,14,16-17H,5,7,9-13,15H2,1-4H3,(H,20,24). The number of hydrogen-bond donors (Lipinski definition) is 1. The zero-order chi connectivity index (χ0) is 20.7. The summed E-state index contributed by atoms with van der Waals surface area (Å²) in [5, 5.41) is 4.80. The van der Waals surface area contributed by atoms with Crippen molar-refractivity contribution in [1.82, 2.24) is 19.4 Å². The highest BCUT2D eigenvalue weighted by atomic mass is 32.2. The van der Waals surface area contributed by atoms with Crippen LogP contribution in [0.25, 0.3) is 0 Å². The summed E-state index contributed by atoms with van der Waals surface area (Å²) < 4.78 is 26.4. The van der Waals surface area contributed by atoms with Gasteiger partial charge in [-0.05, 0) is 30.8 Å². The van der Waals surface area contributed by atoms with Crippen LogP contribution in [0.2, 0.25) is 0 Å². The van der Waals surface area contributed by atoms with Gasteiger partial charge in [-0.25, -0.2) is 12.7 Å². The number of sulfonamides is 1. The van der Waals surface area contributed by atoms with Crippen LogP contribution in [0.1, 0.15) is 26.7 Å². The Kier molecular flexibility index (Phi) is 8.88. The van der Waals surface area contributed by atoms with Crippen molar-refractivity contribution in [3.63, 3.8) is 0 Å². The first-order valence-electron chi connectivity index (χ1n) is 9.91. The molecule has 28 heavy (non-hydrogen) atoms. The van der Waals surface area contributed by atoms with E-state index in [0.717, 1.165) is 26.2 Å². The van der Waals surface area contributed by atoms with Crippen molar-refractivity contribution < 1.29 is 13.2 Å². The maximum Gasteiger partial charge on any atom is 0.252 e. The molecule has 0 aliphatic carbocycles. The predicted molar refractivity (Wildman–Crippen MR) is 114 cm³/mol. The first-order valence-corrected chi connectivity index (χ1v) is 12.2. The number of nitrogens with zero attached hydrogens (tertiary/aromatic N) is 3. The molecule has 1 atom stereocenters. The number of carbonyl (C=O) groups excluding carboxylic acids is 1. The molecule has 1 aliphatic rings. The first-order chi connectivity index (χ1) is 13.2. The van der Waals surface area contributed by atoms with Crippen molar-refractivity contribution in [3.8, 4) is 0 Å². The average Bonchev–Trinajstić information content (AvgIpc) is 3.18. The van der Waals surface area contributed by atoms with E-state index >= 15 is 0 Å². The molecular formula is C19H34N4O3S2. The van der Waals surface area contributed by atoms with E-state index in [1.54, 1.807) is 24.6 Å². The van der Waals surface area contributed by atoms with Crippen molar-refractivity contribution in [2.24, 2.45) is 5.92 Å². The van der Waals surface area contributed by atoms with E-state index in [0.29, 0.717) is 42.1 Å². The molecule has 1 amide bonds. The first kappa shape index (κ1) is 23.3. The molecule has 1 fully saturated rings. The maximum absolute atomic E-state index is 12.4. The molecule has 1 aliphatic heterocycles. The Morgan fingerprint density at radius 2 is 1.96 bits per heavy atom. The lowest BCUT2D eigenvalue weighted by Gasteiger charge is -2.39. The molecule has 0 bridgehead atoms. The number of piperazine rings is 1. The second-order valence-corrected chi connectivity index (χ2v) is 11.0. The van der Waals surface area contributed by atoms with Gasteiger partial charge in [-0.3, -0.25) is 9.69 Å². The number of amides is 1. The Labute approximate surface area is 173 Å². The van der Waals surface area contributed by atoms with Gasteiger partial charge in [-0.1, -0.05) is 19.9 Å². The second kappa shape index (κ2) is 10.7. The molecule has 0 saturated carbocycles. The number of rotatable bonds is 10. The average molecular weight is 431 g/mol. The summed E-state index contributed by atoms with van der Waals surface area (Å²) in [6, 6.07) is 3.66. The van der Waals surface area contributed by atoms with Crippen LogP contribution in [-0.4, -0.2) is 87.8 Å². The summed E-state index contributed by atoms with van der Waals surface area (Å²) in [5.74, 6) is 0.451. The van der Waals surface area contributed by atoms with Crippen LogP contribution < -0.4 is 5.32 Å². The quantitative estimate of drug-likeness (QED) is 0.610. The molecule has 2 heterocycles. The Morgan fingerprint density at radius 3 is 2.54 bits per heavy atom. The largest absolute Gasteiger partial charge is 0.355 e. The summed E-state index contributed by atoms with van der Waals surface area (Å²) in [6.07, 6.45) is 0.839. The number of nitrogens with one attached hydrogen (secondary N) is 1. The monoisotopic (exact) mass is 430 g/mol. The fourth-order valence-corrected chi connectivity index (χ4v) is 5.80. The molecule has 160 valence electrons. The van der Waals surface area contributed by atoms with E-state index < -0.39 is 10.0 Å². The summed E-state index contributed by atoms with van der Waals surface area (Å²) in [6.45, 7) is 9.54. The molecule has 1 N–H and O–H groups in total. The minimum Gasteiger partial charge on any atom is -0.355 e. The normalized spacial score (nSPS) is 17.9. The highest BCUT2D eigenvalue weighted by molar-refractivity contribution is 7.91. The van der Waals surface area contributed by atoms with E-state index in [1.807, 2.05) is 0 Å². The molecule has 1 unspecified atom stereocenters. The maximum atomic E-state index is 12.4. The summed E-state index contributed by atoms with van der Waals surface area (Å²) in [7, 11) is 0.263. The van der Waals surface area contributed by atoms with Gasteiger partial charge in [0.25, 0.3) is 10.0 Å². The number of thiophene rings is 1. The van der Waals surface area contributed by atoms with Crippen molar-refractivity contribution in [2.45, 2.75) is 36.9 Å². The molecule has 1 aromatic heterocycles. The number of likely N-dealkylation sites (N-methyl/N-ethyl adjacent to an activating group) is 1. The lowest BCUT2D eigenvalue weighted by molar-refractivity contribution is -0.121. The van der Waals surface area contributed by atoms with Crippen LogP contribution in [0, 0.1) is 5.92 Å². The van der Waals surface area contributed by atoms with Crippen molar-refractivity contribution in [3.05, 3.63) is 17.5 Å². The predicted octanol–water partition coefficient (Wildman–Crippen LogP) is 1.54. The third-order valence-corrected chi connectivity index (χ3v) is 8.55. The van der Waals surface area contributed by atoms with Crippen LogP contribution in [-0.2, 0) is 14.8 Å². The Balaban J connectivity index is 1.74. The summed E-state index contributed by atoms with van der Waals surface area (Å²) in [4.78, 5) is 17.1. The molecule has 1 aromatic rings. The topological polar surface area (TPSA) is 73.0 Å². The fourth-order valence-electron chi connectivity index (χ4n) is 3.39. The van der Waals surface area contributed by atoms with Crippen LogP contribution in [0.5, 0.6) is 0 Å². The zero-order valence-electron chi connectivity index (χ0n) is 17.4. The van der Waals surface area contributed by atoms with Crippen molar-refractivity contribution in [1.29, 1.82) is 0 Å². The lowest BCUT2D eigenvalue weighted by atomic mass is 10.0. The van der Waals surface area contributed by atoms with Crippen molar-refractivity contribution in [2.75, 3.05) is 53.4 Å². The highest BCUT2D eigenvalue weighted by Crippen LogP contribution is 2.20. The molecule has 1 saturated heterocycles. The van der Waals surface area contributed by atoms with E-state index in [9.17, 15) is 13.2 Å². The van der Waals surface area contributed by atoms with Crippen LogP contribution in [0.4, 0.5) is 0 Å². The third kappa shape index (κ3) is 6.52. The van der Waals surface area contributed by atoms with Gasteiger partial charge in [0, 0.05) is 58.8 Å². The molecule has 0 aromatic carbocycles. The smallest absolute Gasteiger partial charge is 0.252 e. The molecular weight excluding hydrogens is 396 g/mol. The number of carbonyl (C=O) groups is 1.